The van der Waals surface area contributed by atoms with E-state index in [9.17, 15) is 4.79 Å². The molecular weight excluding hydrogens is 306 g/mol. The number of pyridine rings is 1. The second-order valence-corrected chi connectivity index (χ2v) is 5.62. The second-order valence-electron chi connectivity index (χ2n) is 5.62. The first kappa shape index (κ1) is 16.3. The van der Waals surface area contributed by atoms with Gasteiger partial charge in [-0.15, -0.1) is 0 Å². The summed E-state index contributed by atoms with van der Waals surface area (Å²) in [6, 6.07) is 3.65. The van der Waals surface area contributed by atoms with E-state index in [1.807, 2.05) is 13.0 Å². The lowest BCUT2D eigenvalue weighted by atomic mass is 9.97. The number of ether oxygens (including phenoxy) is 1. The third-order valence-corrected chi connectivity index (χ3v) is 3.93. The number of nitrogens with one attached hydrogen (secondary N) is 2. The van der Waals surface area contributed by atoms with Crippen LogP contribution in [-0.4, -0.2) is 40.6 Å². The molecule has 0 bridgehead atoms. The van der Waals surface area contributed by atoms with E-state index in [4.69, 9.17) is 4.74 Å². The summed E-state index contributed by atoms with van der Waals surface area (Å²) in [5.41, 5.74) is 1.51. The molecule has 0 radical (unpaired) electrons. The van der Waals surface area contributed by atoms with Gasteiger partial charge in [0, 0.05) is 17.7 Å². The molecule has 1 aliphatic rings. The van der Waals surface area contributed by atoms with Crippen LogP contribution in [0.5, 0.6) is 5.88 Å². The van der Waals surface area contributed by atoms with Gasteiger partial charge >= 0.3 is 0 Å². The van der Waals surface area contributed by atoms with Crippen LogP contribution in [0.15, 0.2) is 30.7 Å². The highest BCUT2D eigenvalue weighted by atomic mass is 16.5. The average Bonchev–Trinajstić information content (AvgIpc) is 2.63. The van der Waals surface area contributed by atoms with Crippen molar-refractivity contribution in [3.63, 3.8) is 0 Å². The maximum atomic E-state index is 12.2. The lowest BCUT2D eigenvalue weighted by Crippen LogP contribution is -2.34. The van der Waals surface area contributed by atoms with E-state index in [2.05, 4.69) is 25.6 Å². The molecule has 1 fully saturated rings. The molecule has 0 aromatic carbocycles. The topological polar surface area (TPSA) is 89.0 Å². The Morgan fingerprint density at radius 1 is 1.29 bits per heavy atom. The molecule has 0 saturated carbocycles. The normalized spacial score (nSPS) is 15.0. The molecule has 0 aliphatic carbocycles. The minimum atomic E-state index is 0.0369. The van der Waals surface area contributed by atoms with Crippen LogP contribution in [0.3, 0.4) is 0 Å². The van der Waals surface area contributed by atoms with E-state index < -0.39 is 0 Å². The zero-order chi connectivity index (χ0) is 16.8. The van der Waals surface area contributed by atoms with Crippen molar-refractivity contribution in [2.45, 2.75) is 19.8 Å². The molecule has 0 atom stereocenters. The van der Waals surface area contributed by atoms with Crippen LogP contribution in [0, 0.1) is 5.92 Å². The number of nitrogens with zero attached hydrogens (tertiary/aromatic N) is 3. The summed E-state index contributed by atoms with van der Waals surface area (Å²) in [7, 11) is 0. The fraction of sp³-hybridized carbons (Fsp3) is 0.412. The standard InChI is InChI=1S/C17H21N5O2/c1-2-24-16-11-19-10-14(21-16)13-3-4-15(20-9-13)22-17(23)12-5-7-18-8-6-12/h3-4,9-12,18H,2,5-8H2,1H3,(H,20,22,23). The Labute approximate surface area is 140 Å². The van der Waals surface area contributed by atoms with Gasteiger partial charge in [-0.25, -0.2) is 9.97 Å². The van der Waals surface area contributed by atoms with Gasteiger partial charge in [0.1, 0.15) is 5.82 Å². The lowest BCUT2D eigenvalue weighted by molar-refractivity contribution is -0.120. The highest BCUT2D eigenvalue weighted by Crippen LogP contribution is 2.20. The SMILES string of the molecule is CCOc1cncc(-c2ccc(NC(=O)C3CCNCC3)nc2)n1. The molecule has 3 heterocycles. The van der Waals surface area contributed by atoms with E-state index in [-0.39, 0.29) is 11.8 Å². The van der Waals surface area contributed by atoms with E-state index in [1.54, 1.807) is 24.7 Å². The molecule has 1 amide bonds. The Morgan fingerprint density at radius 3 is 2.83 bits per heavy atom. The maximum absolute atomic E-state index is 12.2. The van der Waals surface area contributed by atoms with E-state index in [0.717, 1.165) is 31.5 Å². The molecule has 24 heavy (non-hydrogen) atoms. The Bertz CT molecular complexity index is 684. The van der Waals surface area contributed by atoms with Crippen LogP contribution in [0.2, 0.25) is 0 Å². The summed E-state index contributed by atoms with van der Waals surface area (Å²) in [5, 5.41) is 6.14. The van der Waals surface area contributed by atoms with Crippen molar-refractivity contribution >= 4 is 11.7 Å². The Balaban J connectivity index is 1.66. The number of amides is 1. The molecule has 2 aromatic heterocycles. The van der Waals surface area contributed by atoms with Gasteiger partial charge in [-0.3, -0.25) is 9.78 Å². The third kappa shape index (κ3) is 4.05. The number of piperidine rings is 1. The van der Waals surface area contributed by atoms with Crippen LogP contribution in [0.1, 0.15) is 19.8 Å². The van der Waals surface area contributed by atoms with Crippen molar-refractivity contribution in [1.29, 1.82) is 0 Å². The number of carbonyl (C=O) groups is 1. The highest BCUT2D eigenvalue weighted by Gasteiger charge is 2.21. The molecule has 7 nitrogen and oxygen atoms in total. The Kier molecular flexibility index (Phi) is 5.32. The lowest BCUT2D eigenvalue weighted by Gasteiger charge is -2.21. The smallest absolute Gasteiger partial charge is 0.232 e. The van der Waals surface area contributed by atoms with Gasteiger partial charge in [-0.2, -0.15) is 0 Å². The molecule has 1 saturated heterocycles. The van der Waals surface area contributed by atoms with Crippen molar-refractivity contribution in [1.82, 2.24) is 20.3 Å². The van der Waals surface area contributed by atoms with Gasteiger partial charge < -0.3 is 15.4 Å². The second kappa shape index (κ2) is 7.83. The van der Waals surface area contributed by atoms with E-state index >= 15 is 0 Å². The zero-order valence-corrected chi connectivity index (χ0v) is 13.7. The third-order valence-electron chi connectivity index (χ3n) is 3.93. The number of hydrogen-bond acceptors (Lipinski definition) is 6. The maximum Gasteiger partial charge on any atom is 0.232 e. The van der Waals surface area contributed by atoms with Gasteiger partial charge in [0.25, 0.3) is 0 Å². The number of aromatic nitrogens is 3. The van der Waals surface area contributed by atoms with Crippen LogP contribution in [0.25, 0.3) is 11.3 Å². The molecular formula is C17H21N5O2. The van der Waals surface area contributed by atoms with Crippen molar-refractivity contribution in [3.8, 4) is 17.1 Å². The fourth-order valence-corrected chi connectivity index (χ4v) is 2.64. The quantitative estimate of drug-likeness (QED) is 0.871. The molecule has 7 heteroatoms. The van der Waals surface area contributed by atoms with Gasteiger partial charge in [0.15, 0.2) is 0 Å². The zero-order valence-electron chi connectivity index (χ0n) is 13.7. The summed E-state index contributed by atoms with van der Waals surface area (Å²) >= 11 is 0. The first-order chi connectivity index (χ1) is 11.8. The number of rotatable bonds is 5. The van der Waals surface area contributed by atoms with Crippen LogP contribution >= 0.6 is 0 Å². The van der Waals surface area contributed by atoms with Gasteiger partial charge in [0.05, 0.1) is 24.7 Å². The van der Waals surface area contributed by atoms with Crippen LogP contribution < -0.4 is 15.4 Å². The molecule has 2 aromatic rings. The van der Waals surface area contributed by atoms with E-state index in [0.29, 0.717) is 24.0 Å². The fourth-order valence-electron chi connectivity index (χ4n) is 2.64. The summed E-state index contributed by atoms with van der Waals surface area (Å²) < 4.78 is 5.36. The monoisotopic (exact) mass is 327 g/mol. The average molecular weight is 327 g/mol. The van der Waals surface area contributed by atoms with Crippen molar-refractivity contribution < 1.29 is 9.53 Å². The predicted octanol–water partition coefficient (Wildman–Crippen LogP) is 1.88. The molecule has 0 spiro atoms. The van der Waals surface area contributed by atoms with Crippen molar-refractivity contribution in [3.05, 3.63) is 30.7 Å². The molecule has 1 aliphatic heterocycles. The molecule has 2 N–H and O–H groups in total. The minimum Gasteiger partial charge on any atom is -0.477 e. The highest BCUT2D eigenvalue weighted by molar-refractivity contribution is 5.91. The van der Waals surface area contributed by atoms with Crippen LogP contribution in [-0.2, 0) is 4.79 Å². The molecule has 126 valence electrons. The number of hydrogen-bond donors (Lipinski definition) is 2. The summed E-state index contributed by atoms with van der Waals surface area (Å²) in [4.78, 5) is 25.0. The van der Waals surface area contributed by atoms with E-state index in [1.165, 1.54) is 0 Å². The first-order valence-corrected chi connectivity index (χ1v) is 8.19. The number of anilines is 1. The molecule has 0 unspecified atom stereocenters. The minimum absolute atomic E-state index is 0.0369. The Hall–Kier alpha value is -2.54. The van der Waals surface area contributed by atoms with Crippen molar-refractivity contribution in [2.75, 3.05) is 25.0 Å². The molecule has 3 rings (SSSR count). The summed E-state index contributed by atoms with van der Waals surface area (Å²) in [5.74, 6) is 1.13. The van der Waals surface area contributed by atoms with Gasteiger partial charge in [-0.05, 0) is 45.0 Å². The number of carbonyl (C=O) groups excluding carboxylic acids is 1. The van der Waals surface area contributed by atoms with Crippen molar-refractivity contribution in [2.24, 2.45) is 5.92 Å². The van der Waals surface area contributed by atoms with Gasteiger partial charge in [0.2, 0.25) is 11.8 Å². The summed E-state index contributed by atoms with van der Waals surface area (Å²) in [6.07, 6.45) is 6.64. The first-order valence-electron chi connectivity index (χ1n) is 8.19. The van der Waals surface area contributed by atoms with Gasteiger partial charge in [-0.1, -0.05) is 0 Å². The largest absolute Gasteiger partial charge is 0.477 e. The summed E-state index contributed by atoms with van der Waals surface area (Å²) in [6.45, 7) is 4.21. The Morgan fingerprint density at radius 2 is 2.12 bits per heavy atom. The predicted molar refractivity (Wildman–Crippen MR) is 90.7 cm³/mol. The van der Waals surface area contributed by atoms with Crippen LogP contribution in [0.4, 0.5) is 5.82 Å².